The number of anilines is 2. The zero-order valence-corrected chi connectivity index (χ0v) is 17.8. The summed E-state index contributed by atoms with van der Waals surface area (Å²) in [6.07, 6.45) is 1.99. The average Bonchev–Trinajstić information content (AvgIpc) is 2.74. The molecule has 1 saturated heterocycles. The second-order valence-electron chi connectivity index (χ2n) is 7.26. The summed E-state index contributed by atoms with van der Waals surface area (Å²) in [6, 6.07) is 15.2. The molecule has 0 unspecified atom stereocenters. The molecule has 3 N–H and O–H groups in total. The van der Waals surface area contributed by atoms with Crippen LogP contribution in [0.15, 0.2) is 48.5 Å². The van der Waals surface area contributed by atoms with Crippen LogP contribution in [-0.4, -0.2) is 46.4 Å². The van der Waals surface area contributed by atoms with Crippen LogP contribution in [0.25, 0.3) is 0 Å². The van der Waals surface area contributed by atoms with Crippen LogP contribution >= 0.6 is 12.4 Å². The molecule has 1 aliphatic heterocycles. The molecule has 29 heavy (non-hydrogen) atoms. The first-order chi connectivity index (χ1) is 13.7. The van der Waals surface area contributed by atoms with E-state index in [1.54, 1.807) is 14.2 Å². The number of rotatable bonds is 8. The van der Waals surface area contributed by atoms with Crippen LogP contribution in [0.3, 0.4) is 0 Å². The van der Waals surface area contributed by atoms with E-state index in [1.807, 2.05) is 48.5 Å². The lowest BCUT2D eigenvalue weighted by molar-refractivity contribution is 0.0512. The molecule has 6 nitrogen and oxygen atoms in total. The fourth-order valence-corrected chi connectivity index (χ4v) is 3.62. The van der Waals surface area contributed by atoms with Gasteiger partial charge in [0.2, 0.25) is 0 Å². The number of nitrogens with one attached hydrogen (secondary N) is 3. The number of hydrogen-bond donors (Lipinski definition) is 3. The third-order valence-electron chi connectivity index (χ3n) is 5.28. The predicted octanol–water partition coefficient (Wildman–Crippen LogP) is 3.61. The first-order valence-electron chi connectivity index (χ1n) is 9.64. The lowest BCUT2D eigenvalue weighted by Crippen LogP contribution is -2.47. The van der Waals surface area contributed by atoms with E-state index < -0.39 is 0 Å². The van der Waals surface area contributed by atoms with Crippen LogP contribution in [0.2, 0.25) is 0 Å². The minimum absolute atomic E-state index is 0. The fraction of sp³-hybridized carbons (Fsp3) is 0.409. The Morgan fingerprint density at radius 1 is 1.07 bits per heavy atom. The molecule has 158 valence electrons. The number of carbonyl (C=O) groups is 1. The molecular weight excluding hydrogens is 390 g/mol. The molecule has 2 aromatic rings. The van der Waals surface area contributed by atoms with E-state index in [-0.39, 0.29) is 23.7 Å². The van der Waals surface area contributed by atoms with Gasteiger partial charge in [-0.2, -0.15) is 0 Å². The van der Waals surface area contributed by atoms with Crippen molar-refractivity contribution >= 4 is 29.7 Å². The van der Waals surface area contributed by atoms with Crippen LogP contribution in [0, 0.1) is 5.41 Å². The molecule has 1 fully saturated rings. The monoisotopic (exact) mass is 419 g/mol. The van der Waals surface area contributed by atoms with Crippen LogP contribution < -0.4 is 20.7 Å². The van der Waals surface area contributed by atoms with E-state index in [1.165, 1.54) is 0 Å². The highest BCUT2D eigenvalue weighted by Gasteiger charge is 2.32. The average molecular weight is 420 g/mol. The van der Waals surface area contributed by atoms with Gasteiger partial charge in [-0.15, -0.1) is 12.4 Å². The van der Waals surface area contributed by atoms with Gasteiger partial charge in [-0.3, -0.25) is 4.79 Å². The first-order valence-corrected chi connectivity index (χ1v) is 9.64. The van der Waals surface area contributed by atoms with Gasteiger partial charge < -0.3 is 25.4 Å². The zero-order valence-electron chi connectivity index (χ0n) is 17.0. The molecule has 1 heterocycles. The molecule has 0 aromatic heterocycles. The van der Waals surface area contributed by atoms with E-state index in [9.17, 15) is 4.79 Å². The summed E-state index contributed by atoms with van der Waals surface area (Å²) in [4.78, 5) is 12.9. The van der Waals surface area contributed by atoms with Crippen molar-refractivity contribution in [1.82, 2.24) is 10.6 Å². The Kier molecular flexibility index (Phi) is 8.76. The topological polar surface area (TPSA) is 71.6 Å². The fourth-order valence-electron chi connectivity index (χ4n) is 3.62. The van der Waals surface area contributed by atoms with Crippen LogP contribution in [0.1, 0.15) is 23.2 Å². The third-order valence-corrected chi connectivity index (χ3v) is 5.28. The summed E-state index contributed by atoms with van der Waals surface area (Å²) in [7, 11) is 3.36. The number of ether oxygens (including phenoxy) is 2. The number of hydrogen-bond acceptors (Lipinski definition) is 5. The Bertz CT molecular complexity index is 772. The van der Waals surface area contributed by atoms with Gasteiger partial charge >= 0.3 is 0 Å². The number of benzene rings is 2. The number of halogens is 1. The van der Waals surface area contributed by atoms with Crippen molar-refractivity contribution in [2.75, 3.05) is 45.8 Å². The highest BCUT2D eigenvalue weighted by Crippen LogP contribution is 2.29. The number of piperidine rings is 1. The molecule has 2 aromatic carbocycles. The predicted molar refractivity (Wildman–Crippen MR) is 119 cm³/mol. The maximum Gasteiger partial charge on any atom is 0.253 e. The summed E-state index contributed by atoms with van der Waals surface area (Å²) in [6.45, 7) is 3.17. The summed E-state index contributed by atoms with van der Waals surface area (Å²) in [5.41, 5.74) is 2.29. The quantitative estimate of drug-likeness (QED) is 0.609. The highest BCUT2D eigenvalue weighted by atomic mass is 35.5. The minimum atomic E-state index is -0.0781. The Morgan fingerprint density at radius 2 is 1.76 bits per heavy atom. The number of carbonyl (C=O) groups excluding carboxylic acids is 1. The zero-order chi connectivity index (χ0) is 19.8. The number of amides is 1. The van der Waals surface area contributed by atoms with E-state index in [0.29, 0.717) is 18.7 Å². The lowest BCUT2D eigenvalue weighted by atomic mass is 9.79. The van der Waals surface area contributed by atoms with E-state index in [4.69, 9.17) is 9.47 Å². The summed E-state index contributed by atoms with van der Waals surface area (Å²) < 4.78 is 10.6. The van der Waals surface area contributed by atoms with Crippen molar-refractivity contribution < 1.29 is 14.3 Å². The van der Waals surface area contributed by atoms with Crippen molar-refractivity contribution in [3.8, 4) is 5.75 Å². The molecule has 0 aliphatic carbocycles. The molecule has 0 saturated carbocycles. The third kappa shape index (κ3) is 6.10. The number of para-hydroxylation sites is 1. The van der Waals surface area contributed by atoms with Crippen LogP contribution in [-0.2, 0) is 4.74 Å². The van der Waals surface area contributed by atoms with Crippen LogP contribution in [0.5, 0.6) is 5.75 Å². The summed E-state index contributed by atoms with van der Waals surface area (Å²) >= 11 is 0. The molecule has 3 rings (SSSR count). The molecule has 7 heteroatoms. The normalized spacial score (nSPS) is 15.1. The molecule has 0 spiro atoms. The molecule has 0 radical (unpaired) electrons. The maximum absolute atomic E-state index is 12.9. The Labute approximate surface area is 178 Å². The van der Waals surface area contributed by atoms with Gasteiger partial charge in [-0.1, -0.05) is 12.1 Å². The summed E-state index contributed by atoms with van der Waals surface area (Å²) in [5, 5.41) is 9.83. The molecular formula is C22H30ClN3O3. The summed E-state index contributed by atoms with van der Waals surface area (Å²) in [5.74, 6) is 0.715. The number of methoxy groups -OCH3 is 2. The van der Waals surface area contributed by atoms with Gasteiger partial charge in [-0.05, 0) is 62.3 Å². The first kappa shape index (κ1) is 23.0. The highest BCUT2D eigenvalue weighted by molar-refractivity contribution is 6.00. The molecule has 1 amide bonds. The van der Waals surface area contributed by atoms with Crippen LogP contribution in [0.4, 0.5) is 11.4 Å². The lowest BCUT2D eigenvalue weighted by Gasteiger charge is -2.37. The second-order valence-corrected chi connectivity index (χ2v) is 7.26. The van der Waals surface area contributed by atoms with E-state index >= 15 is 0 Å². The second kappa shape index (κ2) is 11.0. The van der Waals surface area contributed by atoms with Crippen molar-refractivity contribution in [3.05, 3.63) is 54.1 Å². The standard InChI is InChI=1S/C22H29N3O3.ClH/c1-27-16-22(11-13-23-14-12-22)15-24-21(26)19-5-3-4-6-20(19)25-17-7-9-18(28-2)10-8-17;/h3-10,23,25H,11-16H2,1-2H3,(H,24,26);1H. The van der Waals surface area contributed by atoms with Gasteiger partial charge in [0.25, 0.3) is 5.91 Å². The van der Waals surface area contributed by atoms with Crippen molar-refractivity contribution in [1.29, 1.82) is 0 Å². The Balaban J connectivity index is 0.00000300. The largest absolute Gasteiger partial charge is 0.497 e. The van der Waals surface area contributed by atoms with Crippen molar-refractivity contribution in [2.24, 2.45) is 5.41 Å². The Morgan fingerprint density at radius 3 is 2.41 bits per heavy atom. The smallest absolute Gasteiger partial charge is 0.253 e. The van der Waals surface area contributed by atoms with Crippen molar-refractivity contribution in [3.63, 3.8) is 0 Å². The van der Waals surface area contributed by atoms with Crippen molar-refractivity contribution in [2.45, 2.75) is 12.8 Å². The van der Waals surface area contributed by atoms with Gasteiger partial charge in [-0.25, -0.2) is 0 Å². The minimum Gasteiger partial charge on any atom is -0.497 e. The van der Waals surface area contributed by atoms with Gasteiger partial charge in [0, 0.05) is 24.8 Å². The molecule has 0 bridgehead atoms. The van der Waals surface area contributed by atoms with Gasteiger partial charge in [0.15, 0.2) is 0 Å². The van der Waals surface area contributed by atoms with E-state index in [2.05, 4.69) is 16.0 Å². The maximum atomic E-state index is 12.9. The molecule has 1 aliphatic rings. The van der Waals surface area contributed by atoms with E-state index in [0.717, 1.165) is 43.1 Å². The van der Waals surface area contributed by atoms with Gasteiger partial charge in [0.05, 0.1) is 25.0 Å². The Hall–Kier alpha value is -2.28. The SMILES string of the molecule is COCC1(CNC(=O)c2ccccc2Nc2ccc(OC)cc2)CCNCC1.Cl. The van der Waals surface area contributed by atoms with Gasteiger partial charge in [0.1, 0.15) is 5.75 Å². The molecule has 0 atom stereocenters.